The molecule has 142 valence electrons. The van der Waals surface area contributed by atoms with Crippen molar-refractivity contribution in [2.45, 2.75) is 19.4 Å². The molecule has 3 aromatic rings. The number of rotatable bonds is 4. The molecule has 3 aromatic heterocycles. The van der Waals surface area contributed by atoms with Crippen molar-refractivity contribution in [2.24, 2.45) is 7.05 Å². The maximum Gasteiger partial charge on any atom is 0.246 e. The Bertz CT molecular complexity index is 1100. The van der Waals surface area contributed by atoms with Crippen molar-refractivity contribution >= 4 is 34.6 Å². The molecule has 0 saturated heterocycles. The minimum absolute atomic E-state index is 0.0104. The highest BCUT2D eigenvalue weighted by molar-refractivity contribution is 5.94. The van der Waals surface area contributed by atoms with E-state index in [2.05, 4.69) is 15.3 Å². The molecule has 0 aromatic carbocycles. The summed E-state index contributed by atoms with van der Waals surface area (Å²) >= 11 is 0. The van der Waals surface area contributed by atoms with Crippen molar-refractivity contribution in [1.29, 1.82) is 0 Å². The first-order valence-electron chi connectivity index (χ1n) is 9.11. The Balaban J connectivity index is 1.46. The lowest BCUT2D eigenvalue weighted by molar-refractivity contribution is -0.125. The maximum absolute atomic E-state index is 12.5. The average molecular weight is 375 g/mol. The summed E-state index contributed by atoms with van der Waals surface area (Å²) in [6.07, 6.45) is 11.7. The predicted octanol–water partition coefficient (Wildman–Crippen LogP) is 2.52. The van der Waals surface area contributed by atoms with E-state index in [4.69, 9.17) is 0 Å². The zero-order valence-corrected chi connectivity index (χ0v) is 15.8. The van der Waals surface area contributed by atoms with Crippen LogP contribution in [0, 0.1) is 0 Å². The van der Waals surface area contributed by atoms with Gasteiger partial charge in [-0.2, -0.15) is 0 Å². The van der Waals surface area contributed by atoms with E-state index >= 15 is 0 Å². The van der Waals surface area contributed by atoms with Crippen molar-refractivity contribution in [3.8, 4) is 0 Å². The van der Waals surface area contributed by atoms with Crippen LogP contribution in [-0.4, -0.2) is 38.3 Å². The summed E-state index contributed by atoms with van der Waals surface area (Å²) in [5.41, 5.74) is 3.98. The number of nitrogens with one attached hydrogen (secondary N) is 1. The molecule has 1 aliphatic heterocycles. The third-order valence-electron chi connectivity index (χ3n) is 4.94. The summed E-state index contributed by atoms with van der Waals surface area (Å²) in [6.45, 7) is 0.501. The van der Waals surface area contributed by atoms with Crippen LogP contribution in [0.1, 0.15) is 23.1 Å². The van der Waals surface area contributed by atoms with Gasteiger partial charge >= 0.3 is 0 Å². The Morgan fingerprint density at radius 1 is 1.36 bits per heavy atom. The van der Waals surface area contributed by atoms with Crippen LogP contribution in [-0.2, 0) is 29.6 Å². The summed E-state index contributed by atoms with van der Waals surface area (Å²) in [4.78, 5) is 34.1. The Morgan fingerprint density at radius 3 is 3.07 bits per heavy atom. The highest BCUT2D eigenvalue weighted by Gasteiger charge is 2.16. The van der Waals surface area contributed by atoms with E-state index in [9.17, 15) is 9.59 Å². The van der Waals surface area contributed by atoms with E-state index in [1.807, 2.05) is 36.1 Å². The summed E-state index contributed by atoms with van der Waals surface area (Å²) in [5.74, 6) is 0.511. The van der Waals surface area contributed by atoms with Gasteiger partial charge in [-0.1, -0.05) is 0 Å². The number of aromatic nitrogens is 3. The van der Waals surface area contributed by atoms with Gasteiger partial charge in [-0.3, -0.25) is 14.6 Å². The third-order valence-corrected chi connectivity index (χ3v) is 4.94. The largest absolute Gasteiger partial charge is 0.350 e. The summed E-state index contributed by atoms with van der Waals surface area (Å²) in [5, 5.41) is 3.81. The quantitative estimate of drug-likeness (QED) is 0.711. The molecule has 0 saturated carbocycles. The fraction of sp³-hybridized carbons (Fsp3) is 0.238. The zero-order valence-electron chi connectivity index (χ0n) is 15.8. The van der Waals surface area contributed by atoms with Crippen LogP contribution in [0.4, 0.5) is 5.82 Å². The van der Waals surface area contributed by atoms with Gasteiger partial charge in [-0.15, -0.1) is 0 Å². The smallest absolute Gasteiger partial charge is 0.246 e. The first-order chi connectivity index (χ1) is 13.5. The summed E-state index contributed by atoms with van der Waals surface area (Å²) in [6, 6.07) is 3.92. The molecule has 4 heterocycles. The number of carbonyl (C=O) groups is 2. The monoisotopic (exact) mass is 375 g/mol. The molecular weight excluding hydrogens is 354 g/mol. The van der Waals surface area contributed by atoms with Gasteiger partial charge < -0.3 is 14.8 Å². The van der Waals surface area contributed by atoms with Crippen molar-refractivity contribution in [1.82, 2.24) is 19.4 Å². The molecule has 7 nitrogen and oxygen atoms in total. The number of nitrogens with zero attached hydrogens (tertiary/aromatic N) is 4. The van der Waals surface area contributed by atoms with Crippen LogP contribution in [0.5, 0.6) is 0 Å². The Labute approximate surface area is 162 Å². The molecule has 4 rings (SSSR count). The van der Waals surface area contributed by atoms with Crippen molar-refractivity contribution in [2.75, 3.05) is 12.4 Å². The van der Waals surface area contributed by atoms with Gasteiger partial charge in [0.1, 0.15) is 5.82 Å². The van der Waals surface area contributed by atoms with E-state index < -0.39 is 0 Å². The number of hydrogen-bond acceptors (Lipinski definition) is 4. The summed E-state index contributed by atoms with van der Waals surface area (Å²) < 4.78 is 2.04. The van der Waals surface area contributed by atoms with Gasteiger partial charge in [0.15, 0.2) is 0 Å². The average Bonchev–Trinajstić information content (AvgIpc) is 3.01. The highest BCUT2D eigenvalue weighted by Crippen LogP contribution is 2.22. The molecule has 1 aliphatic rings. The van der Waals surface area contributed by atoms with Gasteiger partial charge in [0.05, 0.1) is 5.52 Å². The SMILES string of the molecule is CN(Cc1cn(C)c2ccncc12)C(=O)/C=C/c1cnc2c(c1)CCC(=O)N2. The topological polar surface area (TPSA) is 80.1 Å². The van der Waals surface area contributed by atoms with E-state index in [1.165, 1.54) is 0 Å². The lowest BCUT2D eigenvalue weighted by Crippen LogP contribution is -2.24. The number of carbonyl (C=O) groups excluding carboxylic acids is 2. The van der Waals surface area contributed by atoms with Gasteiger partial charge in [-0.05, 0) is 41.3 Å². The molecule has 0 bridgehead atoms. The molecule has 2 amide bonds. The van der Waals surface area contributed by atoms with Gasteiger partial charge in [0.2, 0.25) is 11.8 Å². The number of fused-ring (bicyclic) bond motifs is 2. The molecule has 0 fully saturated rings. The van der Waals surface area contributed by atoms with Crippen molar-refractivity contribution in [3.63, 3.8) is 0 Å². The second-order valence-corrected chi connectivity index (χ2v) is 7.01. The Kier molecular flexibility index (Phi) is 4.65. The molecule has 1 N–H and O–H groups in total. The van der Waals surface area contributed by atoms with Crippen molar-refractivity contribution in [3.05, 3.63) is 59.7 Å². The molecule has 0 aliphatic carbocycles. The number of pyridine rings is 2. The second-order valence-electron chi connectivity index (χ2n) is 7.01. The number of anilines is 1. The normalized spacial score (nSPS) is 13.6. The van der Waals surface area contributed by atoms with Crippen LogP contribution < -0.4 is 5.32 Å². The molecule has 28 heavy (non-hydrogen) atoms. The number of amides is 2. The van der Waals surface area contributed by atoms with E-state index in [-0.39, 0.29) is 11.8 Å². The Morgan fingerprint density at radius 2 is 2.21 bits per heavy atom. The van der Waals surface area contributed by atoms with Gasteiger partial charge in [-0.25, -0.2) is 4.98 Å². The fourth-order valence-electron chi connectivity index (χ4n) is 3.43. The first kappa shape index (κ1) is 17.9. The van der Waals surface area contributed by atoms with Gasteiger partial charge in [0.25, 0.3) is 0 Å². The summed E-state index contributed by atoms with van der Waals surface area (Å²) in [7, 11) is 3.77. The number of hydrogen-bond donors (Lipinski definition) is 1. The second kappa shape index (κ2) is 7.26. The lowest BCUT2D eigenvalue weighted by atomic mass is 10.0. The zero-order chi connectivity index (χ0) is 19.7. The molecule has 0 spiro atoms. The minimum atomic E-state index is -0.0908. The first-order valence-corrected chi connectivity index (χ1v) is 9.11. The van der Waals surface area contributed by atoms with Crippen molar-refractivity contribution < 1.29 is 9.59 Å². The molecule has 0 atom stereocenters. The molecular formula is C21H21N5O2. The highest BCUT2D eigenvalue weighted by atomic mass is 16.2. The van der Waals surface area contributed by atoms with Crippen LogP contribution in [0.15, 0.2) is 43.0 Å². The fourth-order valence-corrected chi connectivity index (χ4v) is 3.43. The lowest BCUT2D eigenvalue weighted by Gasteiger charge is -2.16. The minimum Gasteiger partial charge on any atom is -0.350 e. The Hall–Kier alpha value is -3.48. The standard InChI is InChI=1S/C21H21N5O2/c1-25-12-16(17-11-22-8-7-18(17)25)13-26(2)20(28)6-3-14-9-15-4-5-19(27)24-21(15)23-10-14/h3,6-12H,4-5,13H2,1-2H3,(H,23,24,27)/b6-3+. The van der Waals surface area contributed by atoms with Crippen LogP contribution in [0.3, 0.4) is 0 Å². The van der Waals surface area contributed by atoms with E-state index in [0.717, 1.165) is 27.6 Å². The number of likely N-dealkylation sites (N-methyl/N-ethyl adjacent to an activating group) is 1. The predicted molar refractivity (Wildman–Crippen MR) is 107 cm³/mol. The van der Waals surface area contributed by atoms with Crippen LogP contribution in [0.2, 0.25) is 0 Å². The molecule has 0 unspecified atom stereocenters. The third kappa shape index (κ3) is 3.51. The van der Waals surface area contributed by atoms with Crippen LogP contribution in [0.25, 0.3) is 17.0 Å². The number of aryl methyl sites for hydroxylation is 2. The maximum atomic E-state index is 12.5. The van der Waals surface area contributed by atoms with Crippen LogP contribution >= 0.6 is 0 Å². The molecule has 7 heteroatoms. The van der Waals surface area contributed by atoms with Gasteiger partial charge in [0, 0.05) is 63.3 Å². The van der Waals surface area contributed by atoms with E-state index in [0.29, 0.717) is 25.2 Å². The molecule has 0 radical (unpaired) electrons. The van der Waals surface area contributed by atoms with E-state index in [1.54, 1.807) is 36.5 Å².